The Kier molecular flexibility index (Phi) is 7.26. The molecule has 0 aliphatic carbocycles. The van der Waals surface area contributed by atoms with E-state index < -0.39 is 0 Å². The molecule has 0 saturated carbocycles. The van der Waals surface area contributed by atoms with Crippen molar-refractivity contribution in [3.8, 4) is 0 Å². The lowest BCUT2D eigenvalue weighted by Crippen LogP contribution is -2.49. The van der Waals surface area contributed by atoms with Crippen LogP contribution in [0.1, 0.15) is 36.8 Å². The summed E-state index contributed by atoms with van der Waals surface area (Å²) < 4.78 is 11.4. The van der Waals surface area contributed by atoms with Gasteiger partial charge in [-0.15, -0.1) is 24.0 Å². The van der Waals surface area contributed by atoms with Gasteiger partial charge in [-0.1, -0.05) is 24.3 Å². The van der Waals surface area contributed by atoms with Gasteiger partial charge in [0.25, 0.3) is 0 Å². The Bertz CT molecular complexity index is 682. The van der Waals surface area contributed by atoms with Crippen LogP contribution in [0.4, 0.5) is 0 Å². The molecule has 1 atom stereocenters. The first kappa shape index (κ1) is 21.8. The fourth-order valence-electron chi connectivity index (χ4n) is 5.14. The van der Waals surface area contributed by atoms with Crippen LogP contribution in [0.25, 0.3) is 0 Å². The molecule has 6 heteroatoms. The van der Waals surface area contributed by atoms with Gasteiger partial charge in [-0.05, 0) is 43.7 Å². The number of hydrogen-bond donors (Lipinski definition) is 1. The topological polar surface area (TPSA) is 46.1 Å². The zero-order valence-electron chi connectivity index (χ0n) is 17.2. The van der Waals surface area contributed by atoms with Crippen molar-refractivity contribution in [1.82, 2.24) is 10.2 Å². The molecule has 3 aliphatic rings. The van der Waals surface area contributed by atoms with Crippen LogP contribution < -0.4 is 5.32 Å². The summed E-state index contributed by atoms with van der Waals surface area (Å²) in [4.78, 5) is 7.05. The maximum atomic E-state index is 5.70. The first-order chi connectivity index (χ1) is 13.2. The molecule has 1 N–H and O–H groups in total. The van der Waals surface area contributed by atoms with Gasteiger partial charge in [0, 0.05) is 57.3 Å². The summed E-state index contributed by atoms with van der Waals surface area (Å²) in [6.45, 7) is 8.76. The first-order valence-electron chi connectivity index (χ1n) is 10.3. The van der Waals surface area contributed by atoms with Crippen LogP contribution in [0.2, 0.25) is 0 Å². The van der Waals surface area contributed by atoms with Gasteiger partial charge in [0.1, 0.15) is 0 Å². The number of rotatable bonds is 3. The Morgan fingerprint density at radius 2 is 1.86 bits per heavy atom. The summed E-state index contributed by atoms with van der Waals surface area (Å²) in [5, 5.41) is 3.73. The average molecular weight is 499 g/mol. The summed E-state index contributed by atoms with van der Waals surface area (Å²) >= 11 is 0. The fourth-order valence-corrected chi connectivity index (χ4v) is 5.14. The number of benzene rings is 1. The molecule has 0 amide bonds. The van der Waals surface area contributed by atoms with Crippen molar-refractivity contribution in [3.05, 3.63) is 35.4 Å². The molecule has 1 aromatic carbocycles. The molecule has 4 rings (SSSR count). The second-order valence-electron chi connectivity index (χ2n) is 8.58. The molecular formula is C22H34IN3O2. The number of hydrogen-bond acceptors (Lipinski definition) is 3. The standard InChI is InChI=1S/C22H33N3O2.HI/c1-18-5-3-4-6-19(18)22(9-13-26-14-10-22)15-24-20(23-2)25-11-7-21(16-25)8-12-27-17-21;/h3-6H,7-17H2,1-2H3,(H,23,24);1H. The quantitative estimate of drug-likeness (QED) is 0.394. The second kappa shape index (κ2) is 9.30. The van der Waals surface area contributed by atoms with E-state index in [2.05, 4.69) is 46.4 Å². The summed E-state index contributed by atoms with van der Waals surface area (Å²) in [6.07, 6.45) is 4.51. The van der Waals surface area contributed by atoms with E-state index in [1.165, 1.54) is 24.0 Å². The van der Waals surface area contributed by atoms with E-state index in [0.29, 0.717) is 5.41 Å². The first-order valence-corrected chi connectivity index (χ1v) is 10.3. The molecule has 1 aromatic rings. The lowest BCUT2D eigenvalue weighted by atomic mass is 9.72. The van der Waals surface area contributed by atoms with Crippen LogP contribution in [0.5, 0.6) is 0 Å². The predicted molar refractivity (Wildman–Crippen MR) is 124 cm³/mol. The van der Waals surface area contributed by atoms with Gasteiger partial charge in [-0.2, -0.15) is 0 Å². The van der Waals surface area contributed by atoms with Crippen molar-refractivity contribution in [2.24, 2.45) is 10.4 Å². The minimum Gasteiger partial charge on any atom is -0.381 e. The number of aryl methyl sites for hydroxylation is 1. The van der Waals surface area contributed by atoms with Crippen LogP contribution >= 0.6 is 24.0 Å². The second-order valence-corrected chi connectivity index (χ2v) is 8.58. The number of nitrogens with zero attached hydrogens (tertiary/aromatic N) is 2. The van der Waals surface area contributed by atoms with Gasteiger partial charge in [0.05, 0.1) is 6.61 Å². The maximum Gasteiger partial charge on any atom is 0.193 e. The largest absolute Gasteiger partial charge is 0.381 e. The van der Waals surface area contributed by atoms with Crippen molar-refractivity contribution in [2.75, 3.05) is 53.1 Å². The SMILES string of the molecule is CN=C(NCC1(c2ccccc2C)CCOCC1)N1CCC2(CCOC2)C1.I. The highest BCUT2D eigenvalue weighted by Gasteiger charge is 2.43. The third kappa shape index (κ3) is 4.33. The number of halogens is 1. The Morgan fingerprint density at radius 1 is 1.11 bits per heavy atom. The van der Waals surface area contributed by atoms with Crippen LogP contribution in [-0.2, 0) is 14.9 Å². The summed E-state index contributed by atoms with van der Waals surface area (Å²) in [7, 11) is 1.91. The molecule has 156 valence electrons. The highest BCUT2D eigenvalue weighted by atomic mass is 127. The van der Waals surface area contributed by atoms with Crippen molar-refractivity contribution in [1.29, 1.82) is 0 Å². The predicted octanol–water partition coefficient (Wildman–Crippen LogP) is 3.35. The Hall–Kier alpha value is -0.860. The molecule has 3 heterocycles. The van der Waals surface area contributed by atoms with Gasteiger partial charge in [-0.25, -0.2) is 0 Å². The minimum absolute atomic E-state index is 0. The van der Waals surface area contributed by atoms with Gasteiger partial charge >= 0.3 is 0 Å². The zero-order valence-corrected chi connectivity index (χ0v) is 19.5. The van der Waals surface area contributed by atoms with Gasteiger partial charge in [-0.3, -0.25) is 4.99 Å². The van der Waals surface area contributed by atoms with Gasteiger partial charge in [0.2, 0.25) is 0 Å². The number of guanidine groups is 1. The van der Waals surface area contributed by atoms with Gasteiger partial charge < -0.3 is 19.7 Å². The lowest BCUT2D eigenvalue weighted by molar-refractivity contribution is 0.0510. The molecule has 1 unspecified atom stereocenters. The van der Waals surface area contributed by atoms with E-state index in [1.54, 1.807) is 0 Å². The van der Waals surface area contributed by atoms with Crippen molar-refractivity contribution < 1.29 is 9.47 Å². The molecular weight excluding hydrogens is 465 g/mol. The third-order valence-corrected chi connectivity index (χ3v) is 6.89. The van der Waals surface area contributed by atoms with E-state index >= 15 is 0 Å². The molecule has 0 aromatic heterocycles. The number of nitrogens with one attached hydrogen (secondary N) is 1. The zero-order chi connectivity index (χ0) is 18.7. The molecule has 0 radical (unpaired) electrons. The van der Waals surface area contributed by atoms with Crippen molar-refractivity contribution >= 4 is 29.9 Å². The fraction of sp³-hybridized carbons (Fsp3) is 0.682. The number of ether oxygens (including phenoxy) is 2. The Morgan fingerprint density at radius 3 is 2.54 bits per heavy atom. The van der Waals surface area contributed by atoms with E-state index in [0.717, 1.165) is 64.9 Å². The molecule has 1 spiro atoms. The highest BCUT2D eigenvalue weighted by Crippen LogP contribution is 2.39. The van der Waals surface area contributed by atoms with E-state index in [-0.39, 0.29) is 29.4 Å². The normalized spacial score (nSPS) is 27.1. The number of aliphatic imine (C=N–C) groups is 1. The van der Waals surface area contributed by atoms with E-state index in [4.69, 9.17) is 9.47 Å². The molecule has 28 heavy (non-hydrogen) atoms. The lowest BCUT2D eigenvalue weighted by Gasteiger charge is -2.40. The monoisotopic (exact) mass is 499 g/mol. The molecule has 3 aliphatic heterocycles. The van der Waals surface area contributed by atoms with Crippen molar-refractivity contribution in [2.45, 2.75) is 38.0 Å². The summed E-state index contributed by atoms with van der Waals surface area (Å²) in [5.74, 6) is 1.04. The molecule has 3 fully saturated rings. The minimum atomic E-state index is 0. The van der Waals surface area contributed by atoms with E-state index in [1.807, 2.05) is 7.05 Å². The van der Waals surface area contributed by atoms with Gasteiger partial charge in [0.15, 0.2) is 5.96 Å². The van der Waals surface area contributed by atoms with Crippen LogP contribution in [0, 0.1) is 12.3 Å². The summed E-state index contributed by atoms with van der Waals surface area (Å²) in [5.41, 5.74) is 3.30. The molecule has 5 nitrogen and oxygen atoms in total. The van der Waals surface area contributed by atoms with Crippen LogP contribution in [0.3, 0.4) is 0 Å². The number of likely N-dealkylation sites (tertiary alicyclic amines) is 1. The van der Waals surface area contributed by atoms with Crippen LogP contribution in [-0.4, -0.2) is 64.0 Å². The Balaban J connectivity index is 0.00000225. The van der Waals surface area contributed by atoms with Crippen molar-refractivity contribution in [3.63, 3.8) is 0 Å². The Labute approximate surface area is 186 Å². The molecule has 3 saturated heterocycles. The molecule has 0 bridgehead atoms. The van der Waals surface area contributed by atoms with E-state index in [9.17, 15) is 0 Å². The average Bonchev–Trinajstić information content (AvgIpc) is 3.33. The van der Waals surface area contributed by atoms with Crippen LogP contribution in [0.15, 0.2) is 29.3 Å². The third-order valence-electron chi connectivity index (χ3n) is 6.89. The smallest absolute Gasteiger partial charge is 0.193 e. The summed E-state index contributed by atoms with van der Waals surface area (Å²) in [6, 6.07) is 8.82. The highest BCUT2D eigenvalue weighted by molar-refractivity contribution is 14.0. The maximum absolute atomic E-state index is 5.70.